The van der Waals surface area contributed by atoms with Crippen LogP contribution in [0.25, 0.3) is 0 Å². The Labute approximate surface area is 536 Å². The van der Waals surface area contributed by atoms with Gasteiger partial charge in [0.05, 0.1) is 33.8 Å². The van der Waals surface area contributed by atoms with Crippen LogP contribution in [0.4, 0.5) is 0 Å². The van der Waals surface area contributed by atoms with E-state index in [1.54, 1.807) is 0 Å². The van der Waals surface area contributed by atoms with E-state index in [-0.39, 0.29) is 25.1 Å². The number of unbranched alkanes of at least 4 members (excludes halogenated alkanes) is 50. The fraction of sp³-hybridized carbons (Fsp3) is 0.895. The van der Waals surface area contributed by atoms with Crippen LogP contribution < -0.4 is 5.32 Å². The lowest BCUT2D eigenvalue weighted by molar-refractivity contribution is -0.870. The summed E-state index contributed by atoms with van der Waals surface area (Å²) >= 11 is 0. The molecule has 10 heteroatoms. The van der Waals surface area contributed by atoms with Gasteiger partial charge in [-0.1, -0.05) is 347 Å². The number of carbonyl (C=O) groups excluding carboxylic acids is 2. The number of esters is 1. The summed E-state index contributed by atoms with van der Waals surface area (Å²) in [4.78, 5) is 38.0. The molecule has 0 aromatic heterocycles. The first-order valence-electron chi connectivity index (χ1n) is 37.8. The number of nitrogens with one attached hydrogen (secondary N) is 1. The van der Waals surface area contributed by atoms with Gasteiger partial charge in [0, 0.05) is 12.8 Å². The molecule has 508 valence electrons. The van der Waals surface area contributed by atoms with Crippen molar-refractivity contribution in [1.82, 2.24) is 5.32 Å². The maximum atomic E-state index is 13.6. The summed E-state index contributed by atoms with van der Waals surface area (Å²) < 4.78 is 30.9. The zero-order valence-corrected chi connectivity index (χ0v) is 59.2. The van der Waals surface area contributed by atoms with Crippen LogP contribution in [-0.2, 0) is 27.9 Å². The molecule has 0 fully saturated rings. The van der Waals surface area contributed by atoms with Gasteiger partial charge in [-0.2, -0.15) is 0 Å². The number of likely N-dealkylation sites (N-methyl/N-ethyl adjacent to an activating group) is 1. The van der Waals surface area contributed by atoms with Gasteiger partial charge in [-0.25, -0.2) is 4.57 Å². The van der Waals surface area contributed by atoms with Gasteiger partial charge in [-0.3, -0.25) is 18.6 Å². The minimum atomic E-state index is -4.45. The SMILES string of the molecule is CCCCC/C=C\C/C=C\CCCCCCCCCCCCCCCC(=O)OC(/C=C/CCCCCCCCCCCC)C(COP(=O)(O)OCC[N+](C)(C)C)NC(=O)CCCCCCCCCCCCCCCCCCCCCCCCCCC. The van der Waals surface area contributed by atoms with Crippen LogP contribution in [0.1, 0.15) is 387 Å². The van der Waals surface area contributed by atoms with Crippen LogP contribution in [0.3, 0.4) is 0 Å². The van der Waals surface area contributed by atoms with Crippen molar-refractivity contribution >= 4 is 19.7 Å². The Morgan fingerprint density at radius 2 is 0.709 bits per heavy atom. The molecular weight excluding hydrogens is 1080 g/mol. The summed E-state index contributed by atoms with van der Waals surface area (Å²) in [6.07, 6.45) is 83.1. The van der Waals surface area contributed by atoms with Gasteiger partial charge < -0.3 is 19.4 Å². The maximum absolute atomic E-state index is 13.6. The highest BCUT2D eigenvalue weighted by Gasteiger charge is 2.30. The van der Waals surface area contributed by atoms with E-state index in [2.05, 4.69) is 56.5 Å². The van der Waals surface area contributed by atoms with Crippen LogP contribution in [0.15, 0.2) is 36.5 Å². The number of quaternary nitrogens is 1. The Bertz CT molecular complexity index is 1560. The molecule has 0 aliphatic rings. The van der Waals surface area contributed by atoms with E-state index < -0.39 is 20.0 Å². The minimum absolute atomic E-state index is 0.0435. The number of ether oxygens (including phenoxy) is 1. The van der Waals surface area contributed by atoms with Gasteiger partial charge in [0.2, 0.25) is 5.91 Å². The first-order valence-corrected chi connectivity index (χ1v) is 39.3. The van der Waals surface area contributed by atoms with Crippen molar-refractivity contribution in [2.45, 2.75) is 399 Å². The average Bonchev–Trinajstić information content (AvgIpc) is 3.69. The van der Waals surface area contributed by atoms with E-state index in [4.69, 9.17) is 13.8 Å². The molecule has 0 aromatic rings. The molecule has 0 spiro atoms. The molecule has 86 heavy (non-hydrogen) atoms. The minimum Gasteiger partial charge on any atom is -0.456 e. The van der Waals surface area contributed by atoms with E-state index >= 15 is 0 Å². The number of phosphoric ester groups is 1. The number of carbonyl (C=O) groups is 2. The number of rotatable bonds is 70. The number of phosphoric acid groups is 1. The normalized spacial score (nSPS) is 13.6. The Morgan fingerprint density at radius 1 is 0.407 bits per heavy atom. The second-order valence-corrected chi connectivity index (χ2v) is 28.6. The molecule has 2 N–H and O–H groups in total. The summed E-state index contributed by atoms with van der Waals surface area (Å²) in [7, 11) is 1.52. The van der Waals surface area contributed by atoms with Crippen molar-refractivity contribution in [3.8, 4) is 0 Å². The van der Waals surface area contributed by atoms with Crippen molar-refractivity contribution < 1.29 is 37.3 Å². The van der Waals surface area contributed by atoms with Crippen LogP contribution in [-0.4, -0.2) is 74.3 Å². The summed E-state index contributed by atoms with van der Waals surface area (Å²) in [6, 6.07) is -0.845. The Kier molecular flexibility index (Phi) is 64.8. The lowest BCUT2D eigenvalue weighted by Gasteiger charge is -2.27. The Morgan fingerprint density at radius 3 is 1.07 bits per heavy atom. The average molecular weight is 1230 g/mol. The van der Waals surface area contributed by atoms with Crippen LogP contribution in [0.5, 0.6) is 0 Å². The summed E-state index contributed by atoms with van der Waals surface area (Å²) in [5.41, 5.74) is 0. The molecule has 3 atom stereocenters. The lowest BCUT2D eigenvalue weighted by atomic mass is 10.0. The Hall–Kier alpha value is -1.77. The van der Waals surface area contributed by atoms with Gasteiger partial charge in [0.1, 0.15) is 19.3 Å². The topological polar surface area (TPSA) is 111 Å². The molecular formula is C76H148N2O7P+. The van der Waals surface area contributed by atoms with Crippen molar-refractivity contribution in [1.29, 1.82) is 0 Å². The van der Waals surface area contributed by atoms with Crippen LogP contribution >= 0.6 is 7.82 Å². The first kappa shape index (κ1) is 84.2. The van der Waals surface area contributed by atoms with Gasteiger partial charge in [-0.15, -0.1) is 0 Å². The second-order valence-electron chi connectivity index (χ2n) is 27.2. The molecule has 0 radical (unpaired) electrons. The molecule has 3 unspecified atom stereocenters. The van der Waals surface area contributed by atoms with Crippen molar-refractivity contribution in [2.24, 2.45) is 0 Å². The van der Waals surface area contributed by atoms with E-state index in [9.17, 15) is 19.0 Å². The molecule has 0 heterocycles. The highest BCUT2D eigenvalue weighted by molar-refractivity contribution is 7.47. The molecule has 0 bridgehead atoms. The highest BCUT2D eigenvalue weighted by Crippen LogP contribution is 2.43. The van der Waals surface area contributed by atoms with Gasteiger partial charge in [0.25, 0.3) is 0 Å². The van der Waals surface area contributed by atoms with Gasteiger partial charge in [0.15, 0.2) is 0 Å². The summed E-state index contributed by atoms with van der Waals surface area (Å²) in [5.74, 6) is -0.483. The molecule has 0 saturated carbocycles. The zero-order valence-electron chi connectivity index (χ0n) is 58.3. The van der Waals surface area contributed by atoms with Crippen molar-refractivity contribution in [3.63, 3.8) is 0 Å². The number of nitrogens with zero attached hydrogens (tertiary/aromatic N) is 1. The van der Waals surface area contributed by atoms with Gasteiger partial charge >= 0.3 is 13.8 Å². The van der Waals surface area contributed by atoms with E-state index in [0.717, 1.165) is 64.2 Å². The number of allylic oxidation sites excluding steroid dienone is 5. The quantitative estimate of drug-likeness (QED) is 0.0205. The Balaban J connectivity index is 4.96. The van der Waals surface area contributed by atoms with Crippen LogP contribution in [0.2, 0.25) is 0 Å². The number of hydrogen-bond acceptors (Lipinski definition) is 6. The van der Waals surface area contributed by atoms with E-state index in [1.807, 2.05) is 27.2 Å². The summed E-state index contributed by atoms with van der Waals surface area (Å²) in [6.45, 7) is 7.06. The van der Waals surface area contributed by atoms with E-state index in [0.29, 0.717) is 23.9 Å². The fourth-order valence-electron chi connectivity index (χ4n) is 11.5. The number of hydrogen-bond donors (Lipinski definition) is 2. The second kappa shape index (κ2) is 66.2. The molecule has 0 aliphatic heterocycles. The third-order valence-corrected chi connectivity index (χ3v) is 18.3. The molecule has 0 aromatic carbocycles. The lowest BCUT2D eigenvalue weighted by Crippen LogP contribution is -2.47. The fourth-order valence-corrected chi connectivity index (χ4v) is 12.2. The van der Waals surface area contributed by atoms with Crippen molar-refractivity contribution in [2.75, 3.05) is 40.9 Å². The third kappa shape index (κ3) is 66.6. The highest BCUT2D eigenvalue weighted by atomic mass is 31.2. The molecule has 0 saturated heterocycles. The molecule has 9 nitrogen and oxygen atoms in total. The van der Waals surface area contributed by atoms with E-state index in [1.165, 1.54) is 289 Å². The van der Waals surface area contributed by atoms with Gasteiger partial charge in [-0.05, 0) is 63.9 Å². The standard InChI is InChI=1S/C76H147N2O7P/c1-7-10-13-16-19-22-25-28-30-32-34-36-38-39-41-42-44-46-48-50-53-56-59-62-65-68-75(79)77-73(72-84-86(81,82)83-71-70-78(4,5)6)74(67-64-61-58-55-52-27-24-21-18-15-12-9-3)85-76(80)69-66-63-60-57-54-51-49-47-45-43-40-37-35-33-31-29-26-23-20-17-14-11-8-2/h20,23,29,31,64,67,73-74H,7-19,21-22,24-28,30,32-63,65-66,68-72H2,1-6H3,(H-,77,79,81,82)/p+1/b23-20-,31-29-,67-64+. The summed E-state index contributed by atoms with van der Waals surface area (Å²) in [5, 5.41) is 3.08. The van der Waals surface area contributed by atoms with Crippen molar-refractivity contribution in [3.05, 3.63) is 36.5 Å². The zero-order chi connectivity index (χ0) is 62.8. The number of amides is 1. The molecule has 0 rings (SSSR count). The smallest absolute Gasteiger partial charge is 0.456 e. The van der Waals surface area contributed by atoms with Crippen LogP contribution in [0, 0.1) is 0 Å². The molecule has 0 aliphatic carbocycles. The molecule has 1 amide bonds. The predicted molar refractivity (Wildman–Crippen MR) is 374 cm³/mol. The first-order chi connectivity index (χ1) is 41.9. The maximum Gasteiger partial charge on any atom is 0.472 e. The predicted octanol–water partition coefficient (Wildman–Crippen LogP) is 24.2. The largest absolute Gasteiger partial charge is 0.472 e. The monoisotopic (exact) mass is 1230 g/mol. The third-order valence-electron chi connectivity index (χ3n) is 17.3.